The fourth-order valence-corrected chi connectivity index (χ4v) is 2.73. The van der Waals surface area contributed by atoms with Gasteiger partial charge in [-0.3, -0.25) is 4.79 Å². The summed E-state index contributed by atoms with van der Waals surface area (Å²) < 4.78 is 11.2. The topological polar surface area (TPSA) is 59.6 Å². The van der Waals surface area contributed by atoms with E-state index in [0.29, 0.717) is 17.3 Å². The van der Waals surface area contributed by atoms with E-state index in [1.54, 1.807) is 7.11 Å². The number of hydrogen-bond acceptors (Lipinski definition) is 5. The van der Waals surface area contributed by atoms with Gasteiger partial charge in [0.2, 0.25) is 11.7 Å². The summed E-state index contributed by atoms with van der Waals surface area (Å²) in [6, 6.07) is 15.1. The van der Waals surface area contributed by atoms with E-state index in [1.807, 2.05) is 48.5 Å². The highest BCUT2D eigenvalue weighted by molar-refractivity contribution is 6.06. The van der Waals surface area contributed by atoms with E-state index >= 15 is 0 Å². The minimum absolute atomic E-state index is 0.110. The van der Waals surface area contributed by atoms with Crippen LogP contribution in [0.3, 0.4) is 0 Å². The summed E-state index contributed by atoms with van der Waals surface area (Å²) in [5, 5.41) is 6.31. The van der Waals surface area contributed by atoms with Gasteiger partial charge in [0.05, 0.1) is 18.5 Å². The summed E-state index contributed by atoms with van der Waals surface area (Å²) in [6.07, 6.45) is -0.699. The molecule has 2 aromatic rings. The molecule has 0 unspecified atom stereocenters. The molecule has 0 fully saturated rings. The van der Waals surface area contributed by atoms with Crippen LogP contribution >= 0.6 is 0 Å². The molecule has 0 spiro atoms. The monoisotopic (exact) mass is 294 g/mol. The zero-order valence-corrected chi connectivity index (χ0v) is 11.9. The van der Waals surface area contributed by atoms with Gasteiger partial charge in [-0.25, -0.2) is 0 Å². The number of hydrogen-bond donors (Lipinski definition) is 2. The van der Waals surface area contributed by atoms with Crippen LogP contribution in [0.15, 0.2) is 60.1 Å². The molecule has 2 heterocycles. The Kier molecular flexibility index (Phi) is 2.79. The molecule has 1 atom stereocenters. The van der Waals surface area contributed by atoms with Crippen molar-refractivity contribution in [2.45, 2.75) is 6.10 Å². The molecule has 5 heteroatoms. The quantitative estimate of drug-likeness (QED) is 0.891. The van der Waals surface area contributed by atoms with Gasteiger partial charge in [-0.2, -0.15) is 0 Å². The smallest absolute Gasteiger partial charge is 0.229 e. The number of ether oxygens (including phenoxy) is 2. The van der Waals surface area contributed by atoms with Crippen molar-refractivity contribution < 1.29 is 14.3 Å². The third-order valence-corrected chi connectivity index (χ3v) is 3.80. The first-order chi connectivity index (χ1) is 10.8. The number of carbonyl (C=O) groups excluding carboxylic acids is 1. The number of para-hydroxylation sites is 3. The lowest BCUT2D eigenvalue weighted by atomic mass is 10.0. The molecule has 22 heavy (non-hydrogen) atoms. The van der Waals surface area contributed by atoms with E-state index in [1.165, 1.54) is 0 Å². The van der Waals surface area contributed by atoms with Crippen LogP contribution in [0.5, 0.6) is 5.75 Å². The van der Waals surface area contributed by atoms with E-state index in [0.717, 1.165) is 16.9 Å². The van der Waals surface area contributed by atoms with Crippen LogP contribution in [0.2, 0.25) is 0 Å². The second-order valence-electron chi connectivity index (χ2n) is 5.10. The second-order valence-corrected chi connectivity index (χ2v) is 5.10. The van der Waals surface area contributed by atoms with Gasteiger partial charge in [-0.15, -0.1) is 0 Å². The second kappa shape index (κ2) is 4.80. The lowest BCUT2D eigenvalue weighted by Crippen LogP contribution is -2.18. The Morgan fingerprint density at radius 1 is 1.00 bits per heavy atom. The number of Topliss-reactive ketones (excluding diaryl/α,β-unsaturated/α-hetero) is 1. The normalized spacial score (nSPS) is 18.8. The number of ketones is 1. The van der Waals surface area contributed by atoms with E-state index in [4.69, 9.17) is 9.47 Å². The fourth-order valence-electron chi connectivity index (χ4n) is 2.73. The molecule has 110 valence electrons. The van der Waals surface area contributed by atoms with Crippen LogP contribution in [0.1, 0.15) is 11.7 Å². The van der Waals surface area contributed by atoms with Crippen LogP contribution in [0.4, 0.5) is 11.4 Å². The van der Waals surface area contributed by atoms with Crippen LogP contribution in [-0.4, -0.2) is 12.9 Å². The van der Waals surface area contributed by atoms with Crippen LogP contribution in [-0.2, 0) is 9.53 Å². The van der Waals surface area contributed by atoms with E-state index in [9.17, 15) is 4.79 Å². The first-order valence-corrected chi connectivity index (χ1v) is 6.99. The third kappa shape index (κ3) is 1.83. The van der Waals surface area contributed by atoms with Crippen molar-refractivity contribution >= 4 is 17.2 Å². The van der Waals surface area contributed by atoms with Gasteiger partial charge in [0.1, 0.15) is 11.4 Å². The molecule has 0 saturated heterocycles. The highest BCUT2D eigenvalue weighted by Crippen LogP contribution is 2.41. The van der Waals surface area contributed by atoms with Crippen LogP contribution < -0.4 is 15.4 Å². The molecular formula is C17H14N2O3. The molecule has 4 rings (SSSR count). The van der Waals surface area contributed by atoms with Gasteiger partial charge in [-0.05, 0) is 18.2 Å². The highest BCUT2D eigenvalue weighted by Gasteiger charge is 2.40. The Bertz CT molecular complexity index is 798. The number of methoxy groups -OCH3 is 1. The number of rotatable bonds is 2. The maximum absolute atomic E-state index is 12.7. The van der Waals surface area contributed by atoms with Gasteiger partial charge in [-0.1, -0.05) is 30.3 Å². The molecule has 0 saturated carbocycles. The molecule has 5 nitrogen and oxygen atoms in total. The minimum atomic E-state index is -0.699. The summed E-state index contributed by atoms with van der Waals surface area (Å²) in [6.45, 7) is 0. The highest BCUT2D eigenvalue weighted by atomic mass is 16.5. The van der Waals surface area contributed by atoms with Crippen molar-refractivity contribution in [3.63, 3.8) is 0 Å². The van der Waals surface area contributed by atoms with E-state index in [2.05, 4.69) is 10.6 Å². The van der Waals surface area contributed by atoms with Gasteiger partial charge >= 0.3 is 0 Å². The lowest BCUT2D eigenvalue weighted by Gasteiger charge is -2.19. The number of nitrogens with one attached hydrogen (secondary N) is 2. The standard InChI is InChI=1S/C17H14N2O3/c1-21-13-9-5-2-6-10(13)16-15(20)14-17(22-16)19-12-8-4-3-7-11(12)18-14/h2-9,16,18-19H,1H3/t16-/m1/s1. The van der Waals surface area contributed by atoms with E-state index < -0.39 is 6.10 Å². The summed E-state index contributed by atoms with van der Waals surface area (Å²) in [5.74, 6) is 0.985. The molecule has 2 aliphatic rings. The molecule has 0 amide bonds. The van der Waals surface area contributed by atoms with Crippen molar-refractivity contribution in [1.29, 1.82) is 0 Å². The summed E-state index contributed by atoms with van der Waals surface area (Å²) in [7, 11) is 1.58. The zero-order chi connectivity index (χ0) is 15.1. The van der Waals surface area contributed by atoms with Crippen LogP contribution in [0, 0.1) is 0 Å². The molecule has 0 bridgehead atoms. The molecule has 2 N–H and O–H groups in total. The van der Waals surface area contributed by atoms with Crippen molar-refractivity contribution in [2.75, 3.05) is 17.7 Å². The predicted octanol–water partition coefficient (Wildman–Crippen LogP) is 3.04. The van der Waals surface area contributed by atoms with Crippen LogP contribution in [0.25, 0.3) is 0 Å². The fraction of sp³-hybridized carbons (Fsp3) is 0.118. The maximum atomic E-state index is 12.7. The molecule has 2 aliphatic heterocycles. The van der Waals surface area contributed by atoms with Crippen molar-refractivity contribution in [3.05, 3.63) is 65.7 Å². The van der Waals surface area contributed by atoms with Crippen molar-refractivity contribution in [2.24, 2.45) is 0 Å². The summed E-state index contributed by atoms with van der Waals surface area (Å²) in [5.41, 5.74) is 2.92. The summed E-state index contributed by atoms with van der Waals surface area (Å²) >= 11 is 0. The SMILES string of the molecule is COc1ccccc1[C@H]1OC2=C(Nc3ccccc3N2)C1=O. The largest absolute Gasteiger partial charge is 0.496 e. The third-order valence-electron chi connectivity index (χ3n) is 3.80. The number of benzene rings is 2. The zero-order valence-electron chi connectivity index (χ0n) is 11.9. The molecule has 0 aromatic heterocycles. The first-order valence-electron chi connectivity index (χ1n) is 6.99. The Balaban J connectivity index is 1.69. The number of anilines is 2. The lowest BCUT2D eigenvalue weighted by molar-refractivity contribution is -0.121. The Morgan fingerprint density at radius 2 is 1.68 bits per heavy atom. The van der Waals surface area contributed by atoms with Crippen molar-refractivity contribution in [3.8, 4) is 5.75 Å². The summed E-state index contributed by atoms with van der Waals surface area (Å²) in [4.78, 5) is 12.7. The average Bonchev–Trinajstić information content (AvgIpc) is 2.89. The number of fused-ring (bicyclic) bond motifs is 1. The Hall–Kier alpha value is -2.95. The first kappa shape index (κ1) is 12.8. The Morgan fingerprint density at radius 3 is 2.45 bits per heavy atom. The molecule has 2 aromatic carbocycles. The van der Waals surface area contributed by atoms with Crippen molar-refractivity contribution in [1.82, 2.24) is 0 Å². The van der Waals surface area contributed by atoms with Gasteiger partial charge in [0.15, 0.2) is 6.10 Å². The number of carbonyl (C=O) groups is 1. The molecule has 0 aliphatic carbocycles. The molecular weight excluding hydrogens is 280 g/mol. The average molecular weight is 294 g/mol. The van der Waals surface area contributed by atoms with Gasteiger partial charge < -0.3 is 20.1 Å². The Labute approximate surface area is 127 Å². The van der Waals surface area contributed by atoms with E-state index in [-0.39, 0.29) is 5.78 Å². The van der Waals surface area contributed by atoms with Gasteiger partial charge in [0.25, 0.3) is 0 Å². The van der Waals surface area contributed by atoms with Gasteiger partial charge in [0, 0.05) is 5.56 Å². The minimum Gasteiger partial charge on any atom is -0.496 e. The molecule has 0 radical (unpaired) electrons. The predicted molar refractivity (Wildman–Crippen MR) is 82.5 cm³/mol. The maximum Gasteiger partial charge on any atom is 0.229 e.